The predicted molar refractivity (Wildman–Crippen MR) is 130 cm³/mol. The molecule has 0 aliphatic rings. The lowest BCUT2D eigenvalue weighted by Crippen LogP contribution is -2.30. The van der Waals surface area contributed by atoms with E-state index in [-0.39, 0.29) is 18.6 Å². The third-order valence-electron chi connectivity index (χ3n) is 5.34. The summed E-state index contributed by atoms with van der Waals surface area (Å²) < 4.78 is 25.7. The molecular weight excluding hydrogens is 437 g/mol. The lowest BCUT2D eigenvalue weighted by molar-refractivity contribution is -0.116. The zero-order chi connectivity index (χ0) is 24.1. The first-order valence-electron chi connectivity index (χ1n) is 10.6. The van der Waals surface area contributed by atoms with Crippen LogP contribution in [0.4, 0.5) is 15.8 Å². The van der Waals surface area contributed by atoms with Crippen LogP contribution in [0.5, 0.6) is 11.5 Å². The second kappa shape index (κ2) is 10.1. The number of halogens is 1. The van der Waals surface area contributed by atoms with Crippen LogP contribution >= 0.6 is 0 Å². The van der Waals surface area contributed by atoms with Crippen LogP contribution in [0.3, 0.4) is 0 Å². The molecule has 1 heterocycles. The molecule has 0 aliphatic heterocycles. The first kappa shape index (κ1) is 22.8. The Balaban J connectivity index is 1.74. The number of nitrogens with one attached hydrogen (secondary N) is 2. The van der Waals surface area contributed by atoms with Crippen molar-refractivity contribution in [3.63, 3.8) is 0 Å². The van der Waals surface area contributed by atoms with Gasteiger partial charge >= 0.3 is 0 Å². The van der Waals surface area contributed by atoms with Crippen molar-refractivity contribution in [1.82, 2.24) is 4.57 Å². The van der Waals surface area contributed by atoms with E-state index in [1.807, 2.05) is 30.3 Å². The molecule has 1 amide bonds. The monoisotopic (exact) mass is 461 g/mol. The summed E-state index contributed by atoms with van der Waals surface area (Å²) in [4.78, 5) is 26.2. The Hall–Kier alpha value is -4.33. The fraction of sp³-hybridized carbons (Fsp3) is 0.154. The van der Waals surface area contributed by atoms with Crippen molar-refractivity contribution in [3.8, 4) is 11.5 Å². The van der Waals surface area contributed by atoms with Crippen molar-refractivity contribution in [2.24, 2.45) is 0 Å². The van der Waals surface area contributed by atoms with Crippen molar-refractivity contribution >= 4 is 28.2 Å². The zero-order valence-electron chi connectivity index (χ0n) is 18.8. The average molecular weight is 461 g/mol. The highest BCUT2D eigenvalue weighted by Crippen LogP contribution is 2.32. The molecule has 34 heavy (non-hydrogen) atoms. The minimum Gasteiger partial charge on any atom is -0.493 e. The van der Waals surface area contributed by atoms with Crippen LogP contribution in [0.15, 0.2) is 77.6 Å². The maximum atomic E-state index is 13.5. The van der Waals surface area contributed by atoms with Gasteiger partial charge in [0, 0.05) is 34.9 Å². The topological polar surface area (TPSA) is 81.6 Å². The number of hydrogen-bond donors (Lipinski definition) is 2. The van der Waals surface area contributed by atoms with E-state index in [1.54, 1.807) is 24.3 Å². The molecule has 4 rings (SSSR count). The summed E-state index contributed by atoms with van der Waals surface area (Å²) >= 11 is 0. The first-order valence-corrected chi connectivity index (χ1v) is 10.6. The molecule has 0 bridgehead atoms. The van der Waals surface area contributed by atoms with Crippen LogP contribution in [0.2, 0.25) is 0 Å². The molecule has 0 fully saturated rings. The van der Waals surface area contributed by atoms with Gasteiger partial charge in [0.05, 0.1) is 19.7 Å². The number of fused-ring (bicyclic) bond motifs is 1. The van der Waals surface area contributed by atoms with E-state index in [4.69, 9.17) is 9.47 Å². The lowest BCUT2D eigenvalue weighted by atomic mass is 10.1. The molecular formula is C26H24FN3O4. The molecule has 0 aliphatic carbocycles. The Kier molecular flexibility index (Phi) is 6.77. The molecule has 0 spiro atoms. The van der Waals surface area contributed by atoms with Crippen LogP contribution in [-0.2, 0) is 17.9 Å². The normalized spacial score (nSPS) is 10.7. The Labute approximate surface area is 195 Å². The van der Waals surface area contributed by atoms with Gasteiger partial charge in [-0.2, -0.15) is 0 Å². The third kappa shape index (κ3) is 5.01. The number of para-hydroxylation sites is 1. The quantitative estimate of drug-likeness (QED) is 0.406. The van der Waals surface area contributed by atoms with Gasteiger partial charge in [-0.05, 0) is 42.5 Å². The number of pyridine rings is 1. The summed E-state index contributed by atoms with van der Waals surface area (Å²) in [5, 5.41) is 6.58. The van der Waals surface area contributed by atoms with Crippen molar-refractivity contribution < 1.29 is 18.7 Å². The summed E-state index contributed by atoms with van der Waals surface area (Å²) in [6, 6.07) is 20.3. The van der Waals surface area contributed by atoms with Crippen molar-refractivity contribution in [1.29, 1.82) is 0 Å². The summed E-state index contributed by atoms with van der Waals surface area (Å²) in [7, 11) is 3.03. The highest BCUT2D eigenvalue weighted by atomic mass is 19.1. The van der Waals surface area contributed by atoms with Gasteiger partial charge in [0.2, 0.25) is 5.91 Å². The zero-order valence-corrected chi connectivity index (χ0v) is 18.8. The van der Waals surface area contributed by atoms with E-state index in [2.05, 4.69) is 10.6 Å². The molecule has 0 saturated carbocycles. The van der Waals surface area contributed by atoms with E-state index >= 15 is 0 Å². The highest BCUT2D eigenvalue weighted by Gasteiger charge is 2.16. The molecule has 8 heteroatoms. The predicted octanol–water partition coefficient (Wildman–Crippen LogP) is 4.41. The number of benzene rings is 3. The van der Waals surface area contributed by atoms with E-state index < -0.39 is 11.7 Å². The third-order valence-corrected chi connectivity index (χ3v) is 5.34. The molecule has 0 unspecified atom stereocenters. The smallest absolute Gasteiger partial charge is 0.256 e. The minimum atomic E-state index is -0.466. The Morgan fingerprint density at radius 1 is 0.912 bits per heavy atom. The molecule has 1 aromatic heterocycles. The van der Waals surface area contributed by atoms with Crippen molar-refractivity contribution in [2.75, 3.05) is 24.9 Å². The van der Waals surface area contributed by atoms with Gasteiger partial charge in [0.1, 0.15) is 12.4 Å². The fourth-order valence-corrected chi connectivity index (χ4v) is 3.71. The number of carbonyl (C=O) groups is 1. The number of nitrogens with zero attached hydrogens (tertiary/aromatic N) is 1. The van der Waals surface area contributed by atoms with Gasteiger partial charge in [-0.3, -0.25) is 14.2 Å². The van der Waals surface area contributed by atoms with Crippen LogP contribution in [0, 0.1) is 5.82 Å². The molecule has 0 atom stereocenters. The van der Waals surface area contributed by atoms with Gasteiger partial charge in [-0.25, -0.2) is 4.39 Å². The summed E-state index contributed by atoms with van der Waals surface area (Å²) in [6.45, 7) is -0.000840. The second-order valence-electron chi connectivity index (χ2n) is 7.60. The molecule has 7 nitrogen and oxygen atoms in total. The van der Waals surface area contributed by atoms with Gasteiger partial charge in [0.25, 0.3) is 5.56 Å². The highest BCUT2D eigenvalue weighted by molar-refractivity contribution is 5.92. The van der Waals surface area contributed by atoms with Gasteiger partial charge < -0.3 is 20.1 Å². The maximum absolute atomic E-state index is 13.5. The minimum absolute atomic E-state index is 0.263. The second-order valence-corrected chi connectivity index (χ2v) is 7.60. The number of rotatable bonds is 8. The number of ether oxygens (including phenoxy) is 2. The van der Waals surface area contributed by atoms with Crippen LogP contribution in [0.1, 0.15) is 5.56 Å². The van der Waals surface area contributed by atoms with Gasteiger partial charge in [0.15, 0.2) is 11.5 Å². The molecule has 2 N–H and O–H groups in total. The number of aromatic nitrogens is 1. The van der Waals surface area contributed by atoms with Crippen molar-refractivity contribution in [3.05, 3.63) is 94.5 Å². The molecule has 4 aromatic rings. The number of hydrogen-bond acceptors (Lipinski definition) is 5. The summed E-state index contributed by atoms with van der Waals surface area (Å²) in [5.41, 5.74) is 1.84. The first-order chi connectivity index (χ1) is 16.5. The lowest BCUT2D eigenvalue weighted by Gasteiger charge is -2.16. The van der Waals surface area contributed by atoms with Gasteiger partial charge in [-0.15, -0.1) is 0 Å². The molecule has 3 aromatic carbocycles. The van der Waals surface area contributed by atoms with Gasteiger partial charge in [-0.1, -0.05) is 24.3 Å². The summed E-state index contributed by atoms with van der Waals surface area (Å²) in [6.07, 6.45) is 0. The van der Waals surface area contributed by atoms with E-state index in [0.717, 1.165) is 5.69 Å². The summed E-state index contributed by atoms with van der Waals surface area (Å²) in [5.74, 6) is 0.0124. The fourth-order valence-electron chi connectivity index (χ4n) is 3.71. The molecule has 0 saturated heterocycles. The average Bonchev–Trinajstić information content (AvgIpc) is 2.84. The van der Waals surface area contributed by atoms with Crippen LogP contribution in [0.25, 0.3) is 10.9 Å². The SMILES string of the molecule is COc1cc2cc(CNc3ccccc3)c(=O)n(CC(=O)Nc3cccc(F)c3)c2cc1OC. The molecule has 174 valence electrons. The molecule has 0 radical (unpaired) electrons. The Morgan fingerprint density at radius 3 is 2.32 bits per heavy atom. The van der Waals surface area contributed by atoms with E-state index in [1.165, 1.54) is 37.0 Å². The van der Waals surface area contributed by atoms with Crippen molar-refractivity contribution in [2.45, 2.75) is 13.1 Å². The van der Waals surface area contributed by atoms with Crippen LogP contribution in [-0.4, -0.2) is 24.7 Å². The van der Waals surface area contributed by atoms with E-state index in [9.17, 15) is 14.0 Å². The largest absolute Gasteiger partial charge is 0.493 e. The number of anilines is 2. The van der Waals surface area contributed by atoms with Crippen LogP contribution < -0.4 is 25.7 Å². The standard InChI is InChI=1S/C26H24FN3O4/c1-33-23-12-17-11-18(15-28-20-8-4-3-5-9-20)26(32)30(22(17)14-24(23)34-2)16-25(31)29-21-10-6-7-19(27)13-21/h3-14,28H,15-16H2,1-2H3,(H,29,31). The number of carbonyl (C=O) groups excluding carboxylic acids is 1. The number of amides is 1. The Morgan fingerprint density at radius 2 is 1.62 bits per heavy atom. The maximum Gasteiger partial charge on any atom is 0.256 e. The van der Waals surface area contributed by atoms with E-state index in [0.29, 0.717) is 33.7 Å². The Bertz CT molecular complexity index is 1390. The number of methoxy groups -OCH3 is 2.